The zero-order valence-electron chi connectivity index (χ0n) is 11.2. The molecule has 0 aliphatic rings. The first-order valence-electron chi connectivity index (χ1n) is 6.38. The summed E-state index contributed by atoms with van der Waals surface area (Å²) >= 11 is 0. The topological polar surface area (TPSA) is 48.7 Å². The number of para-hydroxylation sites is 1. The van der Waals surface area contributed by atoms with Crippen LogP contribution in [-0.4, -0.2) is 4.98 Å². The Balaban J connectivity index is 2.12. The molecule has 0 bridgehead atoms. The summed E-state index contributed by atoms with van der Waals surface area (Å²) in [6, 6.07) is 14.1. The second-order valence-corrected chi connectivity index (χ2v) is 4.76. The molecule has 96 valence electrons. The molecule has 1 aromatic heterocycles. The van der Waals surface area contributed by atoms with Gasteiger partial charge in [-0.15, -0.1) is 0 Å². The highest BCUT2D eigenvalue weighted by Crippen LogP contribution is 2.24. The summed E-state index contributed by atoms with van der Waals surface area (Å²) in [4.78, 5) is 3.97. The zero-order valence-corrected chi connectivity index (χ0v) is 11.2. The quantitative estimate of drug-likeness (QED) is 0.901. The first-order chi connectivity index (χ1) is 9.20. The van der Waals surface area contributed by atoms with Crippen molar-refractivity contribution in [1.82, 2.24) is 4.98 Å². The van der Waals surface area contributed by atoms with Crippen molar-refractivity contribution in [3.05, 3.63) is 59.4 Å². The zero-order chi connectivity index (χ0) is 13.7. The molecule has 3 heteroatoms. The molecule has 0 aliphatic carbocycles. The van der Waals surface area contributed by atoms with E-state index in [1.54, 1.807) is 6.20 Å². The minimum absolute atomic E-state index is 0.455. The monoisotopic (exact) mass is 251 g/mol. The Morgan fingerprint density at radius 2 is 2.05 bits per heavy atom. The van der Waals surface area contributed by atoms with E-state index in [9.17, 15) is 0 Å². The fraction of sp³-hybridized carbons (Fsp3) is 0.250. The van der Waals surface area contributed by atoms with Crippen LogP contribution in [0.25, 0.3) is 0 Å². The van der Waals surface area contributed by atoms with E-state index in [2.05, 4.69) is 48.4 Å². The highest BCUT2D eigenvalue weighted by atomic mass is 14.9. The number of nitrogens with zero attached hydrogens (tertiary/aromatic N) is 2. The van der Waals surface area contributed by atoms with Gasteiger partial charge in [0.25, 0.3) is 0 Å². The molecule has 1 heterocycles. The fourth-order valence-corrected chi connectivity index (χ4v) is 2.00. The van der Waals surface area contributed by atoms with E-state index in [4.69, 9.17) is 5.26 Å². The number of benzene rings is 1. The summed E-state index contributed by atoms with van der Waals surface area (Å²) in [5.41, 5.74) is 3.96. The van der Waals surface area contributed by atoms with Crippen LogP contribution < -0.4 is 5.32 Å². The van der Waals surface area contributed by atoms with Crippen LogP contribution >= 0.6 is 0 Å². The Morgan fingerprint density at radius 1 is 1.26 bits per heavy atom. The number of nitrogens with one attached hydrogen (secondary N) is 1. The summed E-state index contributed by atoms with van der Waals surface area (Å²) in [5.74, 6) is 0.482. The summed E-state index contributed by atoms with van der Waals surface area (Å²) in [6.45, 7) is 5.06. The van der Waals surface area contributed by atoms with Crippen molar-refractivity contribution >= 4 is 5.69 Å². The minimum Gasteiger partial charge on any atom is -0.381 e. The maximum absolute atomic E-state index is 8.83. The van der Waals surface area contributed by atoms with Crippen LogP contribution in [0.4, 0.5) is 5.69 Å². The van der Waals surface area contributed by atoms with Crippen molar-refractivity contribution in [3.8, 4) is 6.07 Å². The van der Waals surface area contributed by atoms with Crippen LogP contribution in [0.15, 0.2) is 42.6 Å². The molecule has 19 heavy (non-hydrogen) atoms. The Kier molecular flexibility index (Phi) is 4.15. The predicted octanol–water partition coefficient (Wildman–Crippen LogP) is 3.69. The average Bonchev–Trinajstić information content (AvgIpc) is 2.45. The van der Waals surface area contributed by atoms with Gasteiger partial charge in [-0.25, -0.2) is 4.98 Å². The van der Waals surface area contributed by atoms with Gasteiger partial charge in [-0.1, -0.05) is 32.0 Å². The van der Waals surface area contributed by atoms with Crippen molar-refractivity contribution in [2.75, 3.05) is 5.32 Å². The van der Waals surface area contributed by atoms with E-state index in [1.165, 1.54) is 5.56 Å². The Bertz CT molecular complexity index is 597. The van der Waals surface area contributed by atoms with Crippen LogP contribution in [0.3, 0.4) is 0 Å². The predicted molar refractivity (Wildman–Crippen MR) is 76.8 cm³/mol. The van der Waals surface area contributed by atoms with Crippen molar-refractivity contribution < 1.29 is 0 Å². The van der Waals surface area contributed by atoms with Gasteiger partial charge in [0.05, 0.1) is 0 Å². The number of pyridine rings is 1. The number of anilines is 1. The lowest BCUT2D eigenvalue weighted by atomic mass is 10.0. The lowest BCUT2D eigenvalue weighted by molar-refractivity contribution is 0.865. The summed E-state index contributed by atoms with van der Waals surface area (Å²) in [6.07, 6.45) is 1.67. The van der Waals surface area contributed by atoms with Crippen LogP contribution in [-0.2, 0) is 6.54 Å². The smallest absolute Gasteiger partial charge is 0.140 e. The summed E-state index contributed by atoms with van der Waals surface area (Å²) < 4.78 is 0. The molecule has 0 atom stereocenters. The Morgan fingerprint density at radius 3 is 2.79 bits per heavy atom. The van der Waals surface area contributed by atoms with Crippen molar-refractivity contribution in [2.24, 2.45) is 0 Å². The third-order valence-corrected chi connectivity index (χ3v) is 3.00. The standard InChI is InChI=1S/C16H17N3/c1-12(2)15-5-3-4-6-16(15)19-11-13-7-8-18-14(9-13)10-17/h3-9,12,19H,11H2,1-2H3. The van der Waals surface area contributed by atoms with E-state index in [0.717, 1.165) is 11.3 Å². The van der Waals surface area contributed by atoms with Gasteiger partial charge >= 0.3 is 0 Å². The van der Waals surface area contributed by atoms with E-state index in [0.29, 0.717) is 18.2 Å². The number of hydrogen-bond donors (Lipinski definition) is 1. The number of hydrogen-bond acceptors (Lipinski definition) is 3. The summed E-state index contributed by atoms with van der Waals surface area (Å²) in [7, 11) is 0. The fourth-order valence-electron chi connectivity index (χ4n) is 2.00. The number of rotatable bonds is 4. The van der Waals surface area contributed by atoms with Gasteiger partial charge in [0.1, 0.15) is 11.8 Å². The molecule has 1 N–H and O–H groups in total. The first kappa shape index (κ1) is 13.1. The molecule has 0 spiro atoms. The molecule has 0 saturated heterocycles. The van der Waals surface area contributed by atoms with E-state index < -0.39 is 0 Å². The highest BCUT2D eigenvalue weighted by molar-refractivity contribution is 5.52. The van der Waals surface area contributed by atoms with Crippen molar-refractivity contribution in [3.63, 3.8) is 0 Å². The Hall–Kier alpha value is -2.34. The van der Waals surface area contributed by atoms with E-state index in [-0.39, 0.29) is 0 Å². The van der Waals surface area contributed by atoms with Crippen LogP contribution in [0.2, 0.25) is 0 Å². The molecule has 2 aromatic rings. The lowest BCUT2D eigenvalue weighted by Crippen LogP contribution is -2.03. The van der Waals surface area contributed by atoms with Gasteiger partial charge in [0, 0.05) is 18.4 Å². The van der Waals surface area contributed by atoms with Crippen LogP contribution in [0.1, 0.15) is 36.6 Å². The van der Waals surface area contributed by atoms with Crippen molar-refractivity contribution in [2.45, 2.75) is 26.3 Å². The first-order valence-corrected chi connectivity index (χ1v) is 6.38. The molecule has 0 aliphatic heterocycles. The number of aromatic nitrogens is 1. The highest BCUT2D eigenvalue weighted by Gasteiger charge is 2.05. The third kappa shape index (κ3) is 3.32. The summed E-state index contributed by atoms with van der Waals surface area (Å²) in [5, 5.41) is 12.3. The van der Waals surface area contributed by atoms with Crippen LogP contribution in [0, 0.1) is 11.3 Å². The molecule has 3 nitrogen and oxygen atoms in total. The maximum atomic E-state index is 8.83. The SMILES string of the molecule is CC(C)c1ccccc1NCc1ccnc(C#N)c1. The normalized spacial score (nSPS) is 10.2. The van der Waals surface area contributed by atoms with Gasteiger partial charge in [-0.3, -0.25) is 0 Å². The molecule has 0 amide bonds. The minimum atomic E-state index is 0.455. The Labute approximate surface area is 113 Å². The van der Waals surface area contributed by atoms with Crippen molar-refractivity contribution in [1.29, 1.82) is 5.26 Å². The van der Waals surface area contributed by atoms with E-state index >= 15 is 0 Å². The molecular formula is C16H17N3. The van der Waals surface area contributed by atoms with Crippen LogP contribution in [0.5, 0.6) is 0 Å². The molecule has 0 unspecified atom stereocenters. The second-order valence-electron chi connectivity index (χ2n) is 4.76. The van der Waals surface area contributed by atoms with Gasteiger partial charge in [0.2, 0.25) is 0 Å². The molecule has 0 fully saturated rings. The maximum Gasteiger partial charge on any atom is 0.140 e. The number of nitriles is 1. The largest absolute Gasteiger partial charge is 0.381 e. The van der Waals surface area contributed by atoms with Gasteiger partial charge in [-0.05, 0) is 35.2 Å². The second kappa shape index (κ2) is 6.01. The lowest BCUT2D eigenvalue weighted by Gasteiger charge is -2.14. The van der Waals surface area contributed by atoms with Gasteiger partial charge in [-0.2, -0.15) is 5.26 Å². The molecule has 0 radical (unpaired) electrons. The molecular weight excluding hydrogens is 234 g/mol. The van der Waals surface area contributed by atoms with Gasteiger partial charge < -0.3 is 5.32 Å². The van der Waals surface area contributed by atoms with Gasteiger partial charge in [0.15, 0.2) is 0 Å². The molecule has 0 saturated carbocycles. The molecule has 1 aromatic carbocycles. The molecule has 2 rings (SSSR count). The average molecular weight is 251 g/mol. The third-order valence-electron chi connectivity index (χ3n) is 3.00. The van der Waals surface area contributed by atoms with E-state index in [1.807, 2.05) is 18.2 Å².